The Morgan fingerprint density at radius 1 is 1.29 bits per heavy atom. The van der Waals surface area contributed by atoms with Crippen LogP contribution < -0.4 is 5.32 Å². The van der Waals surface area contributed by atoms with Gasteiger partial charge in [0.25, 0.3) is 10.0 Å². The van der Waals surface area contributed by atoms with Gasteiger partial charge in [-0.05, 0) is 42.7 Å². The molecule has 1 unspecified atom stereocenters. The summed E-state index contributed by atoms with van der Waals surface area (Å²) in [4.78, 5) is 18.6. The van der Waals surface area contributed by atoms with Crippen LogP contribution in [-0.2, 0) is 14.8 Å². The molecule has 1 aliphatic heterocycles. The molecule has 1 aliphatic rings. The Morgan fingerprint density at radius 3 is 2.89 bits per heavy atom. The molecule has 28 heavy (non-hydrogen) atoms. The number of nitrogens with zero attached hydrogens (tertiary/aromatic N) is 2. The largest absolute Gasteiger partial charge is 0.301 e. The minimum atomic E-state index is -3.67. The van der Waals surface area contributed by atoms with Crippen molar-refractivity contribution in [3.05, 3.63) is 35.7 Å². The third kappa shape index (κ3) is 3.71. The minimum Gasteiger partial charge on any atom is -0.301 e. The van der Waals surface area contributed by atoms with E-state index in [9.17, 15) is 13.2 Å². The fourth-order valence-corrected chi connectivity index (χ4v) is 7.61. The SMILES string of the molecule is CSc1cccc2sc(NC(=O)C3CCCCN3S(=O)(=O)c3cccs3)nc12. The molecule has 1 aromatic carbocycles. The van der Waals surface area contributed by atoms with Crippen molar-refractivity contribution in [2.24, 2.45) is 0 Å². The van der Waals surface area contributed by atoms with Crippen molar-refractivity contribution in [3.63, 3.8) is 0 Å². The van der Waals surface area contributed by atoms with E-state index in [2.05, 4.69) is 10.3 Å². The van der Waals surface area contributed by atoms with Crippen molar-refractivity contribution in [2.75, 3.05) is 18.1 Å². The Kier molecular flexibility index (Phi) is 5.75. The zero-order valence-corrected chi connectivity index (χ0v) is 18.4. The molecule has 0 spiro atoms. The van der Waals surface area contributed by atoms with E-state index in [0.717, 1.165) is 28.0 Å². The van der Waals surface area contributed by atoms with Gasteiger partial charge in [-0.2, -0.15) is 4.31 Å². The number of carbonyl (C=O) groups excluding carboxylic acids is 1. The summed E-state index contributed by atoms with van der Waals surface area (Å²) in [6.45, 7) is 0.356. The average Bonchev–Trinajstić information content (AvgIpc) is 3.37. The first-order valence-electron chi connectivity index (χ1n) is 8.80. The van der Waals surface area contributed by atoms with Gasteiger partial charge in [-0.25, -0.2) is 13.4 Å². The standard InChI is InChI=1S/C18H19N3O3S4/c1-25-13-7-4-8-14-16(13)19-18(27-14)20-17(22)12-6-2-3-10-21(12)28(23,24)15-9-5-11-26-15/h4-5,7-9,11-12H,2-3,6,10H2,1H3,(H,19,20,22). The highest BCUT2D eigenvalue weighted by molar-refractivity contribution is 7.98. The number of hydrogen-bond acceptors (Lipinski definition) is 7. The maximum Gasteiger partial charge on any atom is 0.253 e. The average molecular weight is 454 g/mol. The number of rotatable bonds is 5. The molecule has 2 aromatic heterocycles. The second-order valence-electron chi connectivity index (χ2n) is 6.37. The van der Waals surface area contributed by atoms with Crippen molar-refractivity contribution in [2.45, 2.75) is 34.4 Å². The number of anilines is 1. The number of piperidine rings is 1. The predicted octanol–water partition coefficient (Wildman–Crippen LogP) is 4.26. The van der Waals surface area contributed by atoms with Crippen LogP contribution in [0.5, 0.6) is 0 Å². The van der Waals surface area contributed by atoms with E-state index in [4.69, 9.17) is 0 Å². The maximum absolute atomic E-state index is 13.0. The molecule has 0 bridgehead atoms. The van der Waals surface area contributed by atoms with Gasteiger partial charge in [0.05, 0.1) is 10.2 Å². The molecule has 148 valence electrons. The Bertz CT molecular complexity index is 1090. The van der Waals surface area contributed by atoms with Crippen LogP contribution in [-0.4, -0.2) is 42.5 Å². The Labute approximate surface area is 176 Å². The number of sulfonamides is 1. The van der Waals surface area contributed by atoms with Gasteiger partial charge in [-0.3, -0.25) is 4.79 Å². The molecule has 1 N–H and O–H groups in total. The van der Waals surface area contributed by atoms with E-state index in [-0.39, 0.29) is 10.1 Å². The van der Waals surface area contributed by atoms with Crippen LogP contribution in [0.2, 0.25) is 0 Å². The minimum absolute atomic E-state index is 0.275. The number of fused-ring (bicyclic) bond motifs is 1. The highest BCUT2D eigenvalue weighted by Gasteiger charge is 2.38. The van der Waals surface area contributed by atoms with Gasteiger partial charge in [0, 0.05) is 11.4 Å². The van der Waals surface area contributed by atoms with Gasteiger partial charge >= 0.3 is 0 Å². The van der Waals surface area contributed by atoms with Gasteiger partial charge in [-0.1, -0.05) is 29.9 Å². The molecule has 3 heterocycles. The van der Waals surface area contributed by atoms with E-state index in [1.807, 2.05) is 24.5 Å². The van der Waals surface area contributed by atoms with E-state index in [1.54, 1.807) is 29.3 Å². The lowest BCUT2D eigenvalue weighted by molar-refractivity contribution is -0.120. The topological polar surface area (TPSA) is 79.4 Å². The molecule has 4 rings (SSSR count). The number of thiophene rings is 1. The fraction of sp³-hybridized carbons (Fsp3) is 0.333. The smallest absolute Gasteiger partial charge is 0.253 e. The summed E-state index contributed by atoms with van der Waals surface area (Å²) in [6, 6.07) is 8.51. The zero-order valence-electron chi connectivity index (χ0n) is 15.1. The number of para-hydroxylation sites is 1. The molecular weight excluding hydrogens is 434 g/mol. The summed E-state index contributed by atoms with van der Waals surface area (Å²) < 4.78 is 28.6. The van der Waals surface area contributed by atoms with Crippen molar-refractivity contribution in [3.8, 4) is 0 Å². The number of thiazole rings is 1. The van der Waals surface area contributed by atoms with Gasteiger partial charge in [0.2, 0.25) is 5.91 Å². The lowest BCUT2D eigenvalue weighted by atomic mass is 10.0. The number of nitrogens with one attached hydrogen (secondary N) is 1. The van der Waals surface area contributed by atoms with Crippen LogP contribution in [0.1, 0.15) is 19.3 Å². The second-order valence-corrected chi connectivity index (χ2v) is 11.3. The zero-order chi connectivity index (χ0) is 19.7. The summed E-state index contributed by atoms with van der Waals surface area (Å²) in [6.07, 6.45) is 4.08. The van der Waals surface area contributed by atoms with Crippen molar-refractivity contribution >= 4 is 65.7 Å². The maximum atomic E-state index is 13.0. The lowest BCUT2D eigenvalue weighted by Gasteiger charge is -2.32. The molecule has 3 aromatic rings. The van der Waals surface area contributed by atoms with Gasteiger partial charge in [0.1, 0.15) is 10.3 Å². The third-order valence-electron chi connectivity index (χ3n) is 4.65. The van der Waals surface area contributed by atoms with E-state index >= 15 is 0 Å². The molecule has 0 radical (unpaired) electrons. The second kappa shape index (κ2) is 8.11. The van der Waals surface area contributed by atoms with Gasteiger partial charge in [-0.15, -0.1) is 23.1 Å². The Morgan fingerprint density at radius 2 is 2.14 bits per heavy atom. The van der Waals surface area contributed by atoms with E-state index in [0.29, 0.717) is 18.1 Å². The molecule has 1 saturated heterocycles. The molecule has 0 aliphatic carbocycles. The lowest BCUT2D eigenvalue weighted by Crippen LogP contribution is -2.49. The van der Waals surface area contributed by atoms with Crippen LogP contribution in [0, 0.1) is 0 Å². The number of aromatic nitrogens is 1. The van der Waals surface area contributed by atoms with Crippen LogP contribution in [0.3, 0.4) is 0 Å². The number of hydrogen-bond donors (Lipinski definition) is 1. The highest BCUT2D eigenvalue weighted by atomic mass is 32.2. The number of amides is 1. The number of carbonyl (C=O) groups is 1. The first kappa shape index (κ1) is 19.8. The summed E-state index contributed by atoms with van der Waals surface area (Å²) >= 11 is 4.18. The molecule has 10 heteroatoms. The molecular formula is C18H19N3O3S4. The molecule has 0 saturated carbocycles. The van der Waals surface area contributed by atoms with E-state index in [1.165, 1.54) is 27.0 Å². The van der Waals surface area contributed by atoms with Crippen LogP contribution in [0.15, 0.2) is 44.8 Å². The van der Waals surface area contributed by atoms with Gasteiger partial charge < -0.3 is 5.32 Å². The summed E-state index contributed by atoms with van der Waals surface area (Å²) in [5.74, 6) is -0.315. The molecule has 1 amide bonds. The van der Waals surface area contributed by atoms with Crippen molar-refractivity contribution in [1.82, 2.24) is 9.29 Å². The predicted molar refractivity (Wildman–Crippen MR) is 116 cm³/mol. The monoisotopic (exact) mass is 453 g/mol. The van der Waals surface area contributed by atoms with Crippen LogP contribution in [0.25, 0.3) is 10.2 Å². The Hall–Kier alpha value is -1.46. The first-order valence-corrected chi connectivity index (χ1v) is 13.2. The Balaban J connectivity index is 1.59. The summed E-state index contributed by atoms with van der Waals surface area (Å²) in [5, 5.41) is 5.09. The fourth-order valence-electron chi connectivity index (χ4n) is 3.31. The van der Waals surface area contributed by atoms with Crippen LogP contribution in [0.4, 0.5) is 5.13 Å². The summed E-state index contributed by atoms with van der Waals surface area (Å²) in [5.41, 5.74) is 0.863. The third-order valence-corrected chi connectivity index (χ3v) is 9.63. The van der Waals surface area contributed by atoms with Crippen molar-refractivity contribution < 1.29 is 13.2 Å². The molecule has 1 atom stereocenters. The van der Waals surface area contributed by atoms with Gasteiger partial charge in [0.15, 0.2) is 5.13 Å². The summed E-state index contributed by atoms with van der Waals surface area (Å²) in [7, 11) is -3.67. The van der Waals surface area contributed by atoms with Crippen LogP contribution >= 0.6 is 34.4 Å². The number of thioether (sulfide) groups is 1. The molecule has 1 fully saturated rings. The quantitative estimate of drug-likeness (QED) is 0.584. The van der Waals surface area contributed by atoms with Crippen molar-refractivity contribution in [1.29, 1.82) is 0 Å². The van der Waals surface area contributed by atoms with E-state index < -0.39 is 16.1 Å². The molecule has 6 nitrogen and oxygen atoms in total. The normalized spacial score (nSPS) is 18.4. The highest BCUT2D eigenvalue weighted by Crippen LogP contribution is 2.33. The number of benzene rings is 1. The first-order chi connectivity index (χ1) is 13.5.